The number of aryl methyl sites for hydroxylation is 1. The fourth-order valence-electron chi connectivity index (χ4n) is 6.86. The number of halogens is 1. The number of piperidine rings is 1. The van der Waals surface area contributed by atoms with Crippen molar-refractivity contribution < 1.29 is 14.3 Å². The van der Waals surface area contributed by atoms with Gasteiger partial charge in [-0.1, -0.05) is 18.3 Å². The van der Waals surface area contributed by atoms with Crippen molar-refractivity contribution in [1.29, 1.82) is 5.26 Å². The van der Waals surface area contributed by atoms with Crippen LogP contribution in [0.3, 0.4) is 0 Å². The van der Waals surface area contributed by atoms with E-state index in [1.54, 1.807) is 17.0 Å². The average molecular weight is 615 g/mol. The van der Waals surface area contributed by atoms with E-state index in [9.17, 15) is 19.6 Å². The van der Waals surface area contributed by atoms with Crippen LogP contribution >= 0.6 is 11.3 Å². The Morgan fingerprint density at radius 3 is 2.57 bits per heavy atom. The van der Waals surface area contributed by atoms with Gasteiger partial charge in [-0.3, -0.25) is 0 Å². The van der Waals surface area contributed by atoms with Crippen LogP contribution in [-0.2, 0) is 6.42 Å². The molecule has 7 rings (SSSR count). The number of rotatable bonds is 5. The van der Waals surface area contributed by atoms with Crippen molar-refractivity contribution in [2.45, 2.75) is 38.7 Å². The molecule has 4 aromatic rings. The van der Waals surface area contributed by atoms with Gasteiger partial charge in [-0.2, -0.15) is 10.4 Å². The number of benzene rings is 1. The van der Waals surface area contributed by atoms with Crippen LogP contribution in [-0.4, -0.2) is 88.0 Å². The Labute approximate surface area is 259 Å². The number of β-amino-alcohol motifs (C(OH)–C–C–N with tert-alkyl or cyclic N) is 1. The minimum absolute atomic E-state index is 0.0658. The Kier molecular flexibility index (Phi) is 7.17. The predicted octanol–water partition coefficient (Wildman–Crippen LogP) is 4.89. The van der Waals surface area contributed by atoms with Gasteiger partial charge in [0.05, 0.1) is 36.1 Å². The number of amides is 2. The highest BCUT2D eigenvalue weighted by Gasteiger charge is 2.44. The standard InChI is InChI=1S/C32H35FN8O2S/c1-3-25-29(37(2)30-35-28(27(17-34)44-30)21-4-6-22(33)7-5-21)26-16-23(8-12-41(26)36-25)38-13-9-32(10-14-38)11-15-39(20-32)31(43)40-18-24(42)19-40/h4-8,12,16,24,42H,3,9-11,13-15,18-20H2,1-2H3. The van der Waals surface area contributed by atoms with Gasteiger partial charge in [-0.15, -0.1) is 0 Å². The lowest BCUT2D eigenvalue weighted by Gasteiger charge is -2.41. The Morgan fingerprint density at radius 1 is 1.16 bits per heavy atom. The van der Waals surface area contributed by atoms with Crippen LogP contribution in [0.5, 0.6) is 0 Å². The number of fused-ring (bicyclic) bond motifs is 1. The third kappa shape index (κ3) is 4.94. The molecule has 0 unspecified atom stereocenters. The van der Waals surface area contributed by atoms with E-state index in [4.69, 9.17) is 10.1 Å². The third-order valence-corrected chi connectivity index (χ3v) is 10.5. The predicted molar refractivity (Wildman–Crippen MR) is 168 cm³/mol. The molecule has 1 N–H and O–H groups in total. The van der Waals surface area contributed by atoms with Crippen LogP contribution in [0, 0.1) is 22.6 Å². The van der Waals surface area contributed by atoms with E-state index in [2.05, 4.69) is 30.0 Å². The SMILES string of the molecule is CCc1nn2ccc(N3CCC4(CCN(C(=O)N5CC(O)C5)C4)CC3)cc2c1N(C)c1nc(-c2ccc(F)cc2)c(C#N)s1. The molecule has 44 heavy (non-hydrogen) atoms. The molecule has 10 nitrogen and oxygen atoms in total. The smallest absolute Gasteiger partial charge is 0.320 e. The van der Waals surface area contributed by atoms with Crippen molar-refractivity contribution in [2.75, 3.05) is 56.1 Å². The maximum Gasteiger partial charge on any atom is 0.320 e. The Bertz CT molecular complexity index is 1750. The number of urea groups is 1. The number of hydrogen-bond donors (Lipinski definition) is 1. The van der Waals surface area contributed by atoms with E-state index in [1.807, 2.05) is 27.6 Å². The van der Waals surface area contributed by atoms with Crippen LogP contribution in [0.25, 0.3) is 16.8 Å². The quantitative estimate of drug-likeness (QED) is 0.342. The first-order valence-electron chi connectivity index (χ1n) is 15.2. The van der Waals surface area contributed by atoms with Crippen molar-refractivity contribution in [3.8, 4) is 17.3 Å². The maximum atomic E-state index is 13.5. The molecular weight excluding hydrogens is 579 g/mol. The zero-order valence-electron chi connectivity index (χ0n) is 24.9. The lowest BCUT2D eigenvalue weighted by atomic mass is 9.77. The molecule has 228 valence electrons. The summed E-state index contributed by atoms with van der Waals surface area (Å²) in [6.07, 6.45) is 5.44. The monoisotopic (exact) mass is 614 g/mol. The Hall–Kier alpha value is -4.21. The summed E-state index contributed by atoms with van der Waals surface area (Å²) in [5.41, 5.74) is 5.39. The molecule has 0 aliphatic carbocycles. The highest BCUT2D eigenvalue weighted by molar-refractivity contribution is 7.16. The van der Waals surface area contributed by atoms with Crippen molar-refractivity contribution in [3.63, 3.8) is 0 Å². The van der Waals surface area contributed by atoms with E-state index in [0.29, 0.717) is 34.4 Å². The van der Waals surface area contributed by atoms with Gasteiger partial charge < -0.3 is 24.7 Å². The second kappa shape index (κ2) is 11.1. The molecule has 2 amide bonds. The molecule has 3 fully saturated rings. The number of carbonyl (C=O) groups excluding carboxylic acids is 1. The van der Waals surface area contributed by atoms with Crippen LogP contribution < -0.4 is 9.80 Å². The molecule has 1 aromatic carbocycles. The normalized spacial score (nSPS) is 18.2. The Balaban J connectivity index is 1.11. The van der Waals surface area contributed by atoms with E-state index < -0.39 is 0 Å². The summed E-state index contributed by atoms with van der Waals surface area (Å²) in [7, 11) is 1.95. The van der Waals surface area contributed by atoms with Gasteiger partial charge in [0.25, 0.3) is 0 Å². The molecule has 6 heterocycles. The first-order chi connectivity index (χ1) is 21.3. The summed E-state index contributed by atoms with van der Waals surface area (Å²) in [5.74, 6) is -0.331. The number of nitriles is 1. The van der Waals surface area contributed by atoms with Crippen molar-refractivity contribution in [2.24, 2.45) is 5.41 Å². The molecule has 0 atom stereocenters. The highest BCUT2D eigenvalue weighted by atomic mass is 32.1. The molecule has 3 aliphatic heterocycles. The van der Waals surface area contributed by atoms with Crippen LogP contribution in [0.2, 0.25) is 0 Å². The lowest BCUT2D eigenvalue weighted by Crippen LogP contribution is -2.57. The number of carbonyl (C=O) groups is 1. The Morgan fingerprint density at radius 2 is 1.89 bits per heavy atom. The summed E-state index contributed by atoms with van der Waals surface area (Å²) in [6.45, 7) is 6.38. The lowest BCUT2D eigenvalue weighted by molar-refractivity contribution is 0.0158. The largest absolute Gasteiger partial charge is 0.389 e. The van der Waals surface area contributed by atoms with Gasteiger partial charge >= 0.3 is 6.03 Å². The molecular formula is C32H35FN8O2S. The number of aliphatic hydroxyl groups is 1. The zero-order chi connectivity index (χ0) is 30.6. The van der Waals surface area contributed by atoms with Gasteiger partial charge in [0.1, 0.15) is 22.5 Å². The van der Waals surface area contributed by atoms with Gasteiger partial charge in [-0.25, -0.2) is 18.7 Å². The van der Waals surface area contributed by atoms with Gasteiger partial charge in [0, 0.05) is 50.7 Å². The molecule has 3 aromatic heterocycles. The second-order valence-corrected chi connectivity index (χ2v) is 13.2. The van der Waals surface area contributed by atoms with Gasteiger partial charge in [0.15, 0.2) is 5.13 Å². The fraction of sp³-hybridized carbons (Fsp3) is 0.438. The van der Waals surface area contributed by atoms with Gasteiger partial charge in [0.2, 0.25) is 0 Å². The second-order valence-electron chi connectivity index (χ2n) is 12.2. The number of nitrogens with zero attached hydrogens (tertiary/aromatic N) is 8. The summed E-state index contributed by atoms with van der Waals surface area (Å²) < 4.78 is 15.5. The van der Waals surface area contributed by atoms with Crippen molar-refractivity contribution in [3.05, 3.63) is 59.0 Å². The van der Waals surface area contributed by atoms with E-state index in [1.165, 1.54) is 23.5 Å². The summed E-state index contributed by atoms with van der Waals surface area (Å²) in [5, 5.41) is 25.0. The first kappa shape index (κ1) is 28.6. The number of likely N-dealkylation sites (tertiary alicyclic amines) is 2. The molecule has 0 radical (unpaired) electrons. The minimum Gasteiger partial charge on any atom is -0.389 e. The van der Waals surface area contributed by atoms with Crippen LogP contribution in [0.1, 0.15) is 36.8 Å². The molecule has 0 saturated carbocycles. The van der Waals surface area contributed by atoms with Crippen LogP contribution in [0.15, 0.2) is 42.6 Å². The molecule has 12 heteroatoms. The number of aliphatic hydroxyl groups excluding tert-OH is 1. The summed E-state index contributed by atoms with van der Waals surface area (Å²) in [6, 6.07) is 12.7. The minimum atomic E-state index is -0.379. The first-order valence-corrected chi connectivity index (χ1v) is 16.0. The number of anilines is 3. The average Bonchev–Trinajstić information content (AvgIpc) is 3.75. The number of aromatic nitrogens is 3. The topological polar surface area (TPSA) is 104 Å². The summed E-state index contributed by atoms with van der Waals surface area (Å²) >= 11 is 1.31. The molecule has 1 spiro atoms. The van der Waals surface area contributed by atoms with Crippen molar-refractivity contribution >= 4 is 39.4 Å². The highest BCUT2D eigenvalue weighted by Crippen LogP contribution is 2.43. The molecule has 3 aliphatic rings. The zero-order valence-corrected chi connectivity index (χ0v) is 25.7. The van der Waals surface area contributed by atoms with Crippen molar-refractivity contribution in [1.82, 2.24) is 24.4 Å². The van der Waals surface area contributed by atoms with E-state index in [0.717, 1.165) is 74.4 Å². The van der Waals surface area contributed by atoms with Crippen LogP contribution in [0.4, 0.5) is 25.7 Å². The molecule has 3 saturated heterocycles. The number of thiazole rings is 1. The van der Waals surface area contributed by atoms with Gasteiger partial charge in [-0.05, 0) is 67.5 Å². The molecule has 0 bridgehead atoms. The fourth-order valence-corrected chi connectivity index (χ4v) is 7.71. The number of pyridine rings is 1. The summed E-state index contributed by atoms with van der Waals surface area (Å²) in [4.78, 5) is 26.3. The third-order valence-electron chi connectivity index (χ3n) is 9.49. The number of hydrogen-bond acceptors (Lipinski definition) is 8. The van der Waals surface area contributed by atoms with E-state index in [-0.39, 0.29) is 23.4 Å². The maximum absolute atomic E-state index is 13.5. The van der Waals surface area contributed by atoms with E-state index >= 15 is 0 Å².